The number of carbonyl (C=O) groups is 2. The van der Waals surface area contributed by atoms with Crippen molar-refractivity contribution in [1.82, 2.24) is 10.2 Å². The number of nitrogens with one attached hydrogen (secondary N) is 1. The molecule has 0 saturated heterocycles. The zero-order chi connectivity index (χ0) is 15.1. The number of ether oxygens (including phenoxy) is 1. The Kier molecular flexibility index (Phi) is 7.44. The minimum absolute atomic E-state index is 0.357. The lowest BCUT2D eigenvalue weighted by molar-refractivity contribution is -0.139. The highest BCUT2D eigenvalue weighted by Crippen LogP contribution is 2.07. The first-order chi connectivity index (χ1) is 8.69. The van der Waals surface area contributed by atoms with Crippen molar-refractivity contribution in [2.75, 3.05) is 19.6 Å². The van der Waals surface area contributed by atoms with Crippen LogP contribution in [0.3, 0.4) is 0 Å². The number of alkyl carbamates (subject to hydrolysis) is 1. The van der Waals surface area contributed by atoms with Gasteiger partial charge in [0.05, 0.1) is 0 Å². The molecule has 0 bridgehead atoms. The Balaban J connectivity index is 4.34. The largest absolute Gasteiger partial charge is 0.480 e. The fourth-order valence-corrected chi connectivity index (χ4v) is 1.56. The van der Waals surface area contributed by atoms with Gasteiger partial charge >= 0.3 is 12.1 Å². The molecule has 0 aromatic carbocycles. The Labute approximate surface area is 115 Å². The van der Waals surface area contributed by atoms with Crippen molar-refractivity contribution < 1.29 is 19.4 Å². The van der Waals surface area contributed by atoms with Crippen LogP contribution in [0, 0.1) is 0 Å². The van der Waals surface area contributed by atoms with Crippen LogP contribution in [-0.2, 0) is 9.53 Å². The number of carboxylic acid groups (broad SMARTS) is 1. The van der Waals surface area contributed by atoms with Crippen molar-refractivity contribution in [3.63, 3.8) is 0 Å². The second kappa shape index (κ2) is 7.99. The summed E-state index contributed by atoms with van der Waals surface area (Å²) in [4.78, 5) is 24.8. The zero-order valence-electron chi connectivity index (χ0n) is 12.5. The number of rotatable bonds is 7. The summed E-state index contributed by atoms with van der Waals surface area (Å²) in [6, 6.07) is -0.921. The first-order valence-electron chi connectivity index (χ1n) is 6.64. The molecule has 0 aromatic heterocycles. The average Bonchev–Trinajstić information content (AvgIpc) is 2.25. The highest BCUT2D eigenvalue weighted by Gasteiger charge is 2.24. The molecule has 6 heteroatoms. The van der Waals surface area contributed by atoms with Crippen molar-refractivity contribution in [3.8, 4) is 0 Å². The van der Waals surface area contributed by atoms with Crippen molar-refractivity contribution in [2.24, 2.45) is 0 Å². The number of amides is 1. The molecule has 2 N–H and O–H groups in total. The van der Waals surface area contributed by atoms with Crippen molar-refractivity contribution >= 4 is 12.1 Å². The standard InChI is InChI=1S/C13H26N2O4/c1-6-15(7-2)9-8-10(11(16)17)14-12(18)19-13(3,4)5/h10H,6-9H2,1-5H3,(H,14,18)(H,16,17)/t10-/m0/s1. The third kappa shape index (κ3) is 8.42. The molecule has 0 radical (unpaired) electrons. The van der Waals surface area contributed by atoms with Gasteiger partial charge in [-0.25, -0.2) is 9.59 Å². The van der Waals surface area contributed by atoms with E-state index in [4.69, 9.17) is 9.84 Å². The lowest BCUT2D eigenvalue weighted by Crippen LogP contribution is -2.45. The Morgan fingerprint density at radius 3 is 2.16 bits per heavy atom. The number of hydrogen-bond acceptors (Lipinski definition) is 4. The van der Waals surface area contributed by atoms with Crippen LogP contribution in [-0.4, -0.2) is 53.3 Å². The Morgan fingerprint density at radius 1 is 1.26 bits per heavy atom. The Hall–Kier alpha value is -1.30. The van der Waals surface area contributed by atoms with Crippen LogP contribution in [0.5, 0.6) is 0 Å². The first-order valence-corrected chi connectivity index (χ1v) is 6.64. The lowest BCUT2D eigenvalue weighted by Gasteiger charge is -2.23. The van der Waals surface area contributed by atoms with E-state index in [2.05, 4.69) is 10.2 Å². The molecular weight excluding hydrogens is 248 g/mol. The fraction of sp³-hybridized carbons (Fsp3) is 0.846. The van der Waals surface area contributed by atoms with E-state index in [1.165, 1.54) is 0 Å². The lowest BCUT2D eigenvalue weighted by atomic mass is 10.2. The Bertz CT molecular complexity index is 296. The topological polar surface area (TPSA) is 78.9 Å². The summed E-state index contributed by atoms with van der Waals surface area (Å²) < 4.78 is 5.05. The van der Waals surface area contributed by atoms with Crippen LogP contribution < -0.4 is 5.32 Å². The molecule has 1 atom stereocenters. The highest BCUT2D eigenvalue weighted by molar-refractivity contribution is 5.79. The maximum atomic E-state index is 11.5. The summed E-state index contributed by atoms with van der Waals surface area (Å²) >= 11 is 0. The molecule has 6 nitrogen and oxygen atoms in total. The van der Waals surface area contributed by atoms with Crippen molar-refractivity contribution in [2.45, 2.75) is 52.7 Å². The molecule has 19 heavy (non-hydrogen) atoms. The number of carbonyl (C=O) groups excluding carboxylic acids is 1. The molecule has 0 aliphatic rings. The van der Waals surface area contributed by atoms with E-state index in [0.29, 0.717) is 13.0 Å². The minimum Gasteiger partial charge on any atom is -0.480 e. The zero-order valence-corrected chi connectivity index (χ0v) is 12.5. The number of nitrogens with zero attached hydrogens (tertiary/aromatic N) is 1. The second-order valence-electron chi connectivity index (χ2n) is 5.35. The van der Waals surface area contributed by atoms with Gasteiger partial charge in [-0.2, -0.15) is 0 Å². The molecule has 0 saturated carbocycles. The van der Waals surface area contributed by atoms with Gasteiger partial charge in [-0.05, 0) is 40.3 Å². The van der Waals surface area contributed by atoms with Crippen molar-refractivity contribution in [3.05, 3.63) is 0 Å². The van der Waals surface area contributed by atoms with Gasteiger partial charge in [-0.1, -0.05) is 13.8 Å². The summed E-state index contributed by atoms with van der Waals surface area (Å²) in [5, 5.41) is 11.5. The van der Waals surface area contributed by atoms with Crippen LogP contribution >= 0.6 is 0 Å². The van der Waals surface area contributed by atoms with E-state index in [9.17, 15) is 9.59 Å². The van der Waals surface area contributed by atoms with Gasteiger partial charge in [0.2, 0.25) is 0 Å². The van der Waals surface area contributed by atoms with E-state index in [1.807, 2.05) is 13.8 Å². The predicted molar refractivity (Wildman–Crippen MR) is 73.2 cm³/mol. The van der Waals surface area contributed by atoms with Gasteiger partial charge < -0.3 is 20.1 Å². The third-order valence-corrected chi connectivity index (χ3v) is 2.62. The molecule has 0 rings (SSSR count). The Morgan fingerprint density at radius 2 is 1.79 bits per heavy atom. The van der Waals surface area contributed by atoms with E-state index in [-0.39, 0.29) is 0 Å². The molecule has 0 fully saturated rings. The van der Waals surface area contributed by atoms with Crippen LogP contribution in [0.25, 0.3) is 0 Å². The van der Waals surface area contributed by atoms with Crippen LogP contribution in [0.15, 0.2) is 0 Å². The van der Waals surface area contributed by atoms with Crippen LogP contribution in [0.1, 0.15) is 41.0 Å². The maximum Gasteiger partial charge on any atom is 0.408 e. The second-order valence-corrected chi connectivity index (χ2v) is 5.35. The van der Waals surface area contributed by atoms with Crippen LogP contribution in [0.4, 0.5) is 4.79 Å². The molecule has 112 valence electrons. The van der Waals surface area contributed by atoms with E-state index in [1.54, 1.807) is 20.8 Å². The van der Waals surface area contributed by atoms with E-state index >= 15 is 0 Å². The van der Waals surface area contributed by atoms with Gasteiger partial charge in [0.25, 0.3) is 0 Å². The highest BCUT2D eigenvalue weighted by atomic mass is 16.6. The molecule has 0 aliphatic carbocycles. The van der Waals surface area contributed by atoms with E-state index < -0.39 is 23.7 Å². The quantitative estimate of drug-likeness (QED) is 0.738. The molecular formula is C13H26N2O4. The summed E-state index contributed by atoms with van der Waals surface area (Å²) in [6.07, 6.45) is -0.338. The third-order valence-electron chi connectivity index (χ3n) is 2.62. The molecule has 1 amide bonds. The van der Waals surface area contributed by atoms with E-state index in [0.717, 1.165) is 13.1 Å². The molecule has 0 unspecified atom stereocenters. The smallest absolute Gasteiger partial charge is 0.408 e. The monoisotopic (exact) mass is 274 g/mol. The summed E-state index contributed by atoms with van der Waals surface area (Å²) in [5.74, 6) is -1.04. The number of carboxylic acids is 1. The van der Waals surface area contributed by atoms with Crippen LogP contribution in [0.2, 0.25) is 0 Å². The normalized spacial score (nSPS) is 13.2. The summed E-state index contributed by atoms with van der Waals surface area (Å²) in [7, 11) is 0. The first kappa shape index (κ1) is 17.7. The maximum absolute atomic E-state index is 11.5. The van der Waals surface area contributed by atoms with Gasteiger partial charge in [-0.15, -0.1) is 0 Å². The molecule has 0 heterocycles. The predicted octanol–water partition coefficient (Wildman–Crippen LogP) is 1.70. The SMILES string of the molecule is CCN(CC)CC[C@H](NC(=O)OC(C)(C)C)C(=O)O. The number of hydrogen-bond donors (Lipinski definition) is 2. The van der Waals surface area contributed by atoms with Gasteiger partial charge in [0, 0.05) is 6.54 Å². The molecule has 0 aliphatic heterocycles. The molecule has 0 aromatic rings. The average molecular weight is 274 g/mol. The fourth-order valence-electron chi connectivity index (χ4n) is 1.56. The van der Waals surface area contributed by atoms with Gasteiger partial charge in [0.1, 0.15) is 11.6 Å². The summed E-state index contributed by atoms with van der Waals surface area (Å²) in [6.45, 7) is 11.6. The number of aliphatic carboxylic acids is 1. The minimum atomic E-state index is -1.04. The van der Waals surface area contributed by atoms with Crippen molar-refractivity contribution in [1.29, 1.82) is 0 Å². The summed E-state index contributed by atoms with van der Waals surface area (Å²) in [5.41, 5.74) is -0.633. The van der Waals surface area contributed by atoms with Gasteiger partial charge in [-0.3, -0.25) is 0 Å². The van der Waals surface area contributed by atoms with Gasteiger partial charge in [0.15, 0.2) is 0 Å². The molecule has 0 spiro atoms.